The summed E-state index contributed by atoms with van der Waals surface area (Å²) in [5.74, 6) is 0.0474. The summed E-state index contributed by atoms with van der Waals surface area (Å²) in [5.41, 5.74) is 6.65. The van der Waals surface area contributed by atoms with Gasteiger partial charge in [-0.3, -0.25) is 4.79 Å². The predicted molar refractivity (Wildman–Crippen MR) is 128 cm³/mol. The fourth-order valence-corrected chi connectivity index (χ4v) is 7.47. The number of nitrogens with zero attached hydrogens (tertiary/aromatic N) is 2. The van der Waals surface area contributed by atoms with Crippen molar-refractivity contribution in [2.75, 3.05) is 13.2 Å². The average molecular weight is 488 g/mol. The summed E-state index contributed by atoms with van der Waals surface area (Å²) in [4.78, 5) is 37.0. The Balaban J connectivity index is 0.000000371. The van der Waals surface area contributed by atoms with Crippen LogP contribution in [0.3, 0.4) is 0 Å². The van der Waals surface area contributed by atoms with Gasteiger partial charge < -0.3 is 20.8 Å². The number of carbonyl (C=O) groups excluding carboxylic acids is 1. The van der Waals surface area contributed by atoms with E-state index in [1.165, 1.54) is 0 Å². The smallest absolute Gasteiger partial charge is 0.328 e. The maximum Gasteiger partial charge on any atom is 0.328 e. The molecule has 0 bridgehead atoms. The molecule has 0 spiro atoms. The standard InChI is InChI=1S/C22H33N3O2.C4H4O4/c1-21-7-5-15(25-27-10-9-23)12-19(21)14(13-24)11-16-17-3-4-20(26)22(17,2)8-6-18(16)21;5-3(6)1-2-4(7)8/h14,16-19H,3-12,23H2,1-2H3;1-2H,(H,5,6)(H,7,8)/b25-15+;2-1+/t14-,16+,17+,18+,19-,21-,22+;/m1./s1. The first kappa shape index (κ1) is 26.9. The number of oxime groups is 1. The summed E-state index contributed by atoms with van der Waals surface area (Å²) in [6, 6.07) is 2.65. The minimum atomic E-state index is -1.26. The molecule has 192 valence electrons. The lowest BCUT2D eigenvalue weighted by Crippen LogP contribution is -2.56. The van der Waals surface area contributed by atoms with Crippen LogP contribution < -0.4 is 5.73 Å². The van der Waals surface area contributed by atoms with Crippen LogP contribution >= 0.6 is 0 Å². The van der Waals surface area contributed by atoms with Crippen LogP contribution in [0.2, 0.25) is 0 Å². The van der Waals surface area contributed by atoms with Crippen molar-refractivity contribution in [2.24, 2.45) is 51.3 Å². The molecule has 4 rings (SSSR count). The molecule has 4 saturated carbocycles. The number of nitrogens with two attached hydrogens (primary N) is 1. The van der Waals surface area contributed by atoms with Crippen LogP contribution in [0.4, 0.5) is 0 Å². The molecule has 35 heavy (non-hydrogen) atoms. The maximum absolute atomic E-state index is 12.6. The molecule has 4 fully saturated rings. The van der Waals surface area contributed by atoms with Gasteiger partial charge in [-0.2, -0.15) is 5.26 Å². The number of carboxylic acid groups (broad SMARTS) is 2. The van der Waals surface area contributed by atoms with E-state index in [0.717, 1.165) is 57.1 Å². The molecule has 4 N–H and O–H groups in total. The highest BCUT2D eigenvalue weighted by Gasteiger charge is 2.62. The van der Waals surface area contributed by atoms with Gasteiger partial charge in [0.1, 0.15) is 12.4 Å². The second-order valence-corrected chi connectivity index (χ2v) is 10.9. The van der Waals surface area contributed by atoms with Gasteiger partial charge in [-0.1, -0.05) is 19.0 Å². The van der Waals surface area contributed by atoms with E-state index in [2.05, 4.69) is 25.1 Å². The van der Waals surface area contributed by atoms with Crippen LogP contribution in [-0.4, -0.2) is 46.8 Å². The maximum atomic E-state index is 12.6. The highest BCUT2D eigenvalue weighted by molar-refractivity contribution is 5.89. The monoisotopic (exact) mass is 487 g/mol. The number of hydrogen-bond donors (Lipinski definition) is 3. The normalized spacial score (nSPS) is 39.0. The Kier molecular flexibility index (Phi) is 8.37. The Morgan fingerprint density at radius 2 is 1.83 bits per heavy atom. The van der Waals surface area contributed by atoms with Crippen LogP contribution in [0.1, 0.15) is 65.2 Å². The van der Waals surface area contributed by atoms with Crippen LogP contribution in [0.25, 0.3) is 0 Å². The molecule has 0 aromatic heterocycles. The van der Waals surface area contributed by atoms with E-state index in [0.29, 0.717) is 54.8 Å². The topological polar surface area (TPSA) is 163 Å². The molecular weight excluding hydrogens is 450 g/mol. The number of ketones is 1. The Bertz CT molecular complexity index is 924. The fourth-order valence-electron chi connectivity index (χ4n) is 7.47. The summed E-state index contributed by atoms with van der Waals surface area (Å²) in [6.45, 7) is 5.56. The van der Waals surface area contributed by atoms with E-state index in [9.17, 15) is 19.6 Å². The van der Waals surface area contributed by atoms with Gasteiger partial charge in [0.15, 0.2) is 0 Å². The van der Waals surface area contributed by atoms with Crippen molar-refractivity contribution >= 4 is 23.4 Å². The minimum Gasteiger partial charge on any atom is -0.478 e. The molecule has 0 unspecified atom stereocenters. The lowest BCUT2D eigenvalue weighted by atomic mass is 9.43. The molecule has 7 atom stereocenters. The van der Waals surface area contributed by atoms with E-state index in [4.69, 9.17) is 20.8 Å². The number of hydrogen-bond acceptors (Lipinski definition) is 7. The Morgan fingerprint density at radius 3 is 2.43 bits per heavy atom. The lowest BCUT2D eigenvalue weighted by Gasteiger charge is -2.60. The molecule has 0 aliphatic heterocycles. The minimum absolute atomic E-state index is 0.0642. The Hall–Kier alpha value is -2.73. The average Bonchev–Trinajstić information content (AvgIpc) is 3.12. The van der Waals surface area contributed by atoms with E-state index >= 15 is 0 Å². The second kappa shape index (κ2) is 10.9. The van der Waals surface area contributed by atoms with E-state index in [1.807, 2.05) is 0 Å². The van der Waals surface area contributed by atoms with E-state index in [-0.39, 0.29) is 16.7 Å². The number of fused-ring (bicyclic) bond motifs is 5. The molecule has 0 radical (unpaired) electrons. The number of nitriles is 1. The van der Waals surface area contributed by atoms with Gasteiger partial charge in [-0.05, 0) is 74.0 Å². The van der Waals surface area contributed by atoms with Gasteiger partial charge in [0.05, 0.1) is 17.7 Å². The molecule has 0 heterocycles. The zero-order valence-electron chi connectivity index (χ0n) is 20.6. The highest BCUT2D eigenvalue weighted by atomic mass is 16.6. The van der Waals surface area contributed by atoms with E-state index < -0.39 is 11.9 Å². The van der Waals surface area contributed by atoms with Crippen molar-refractivity contribution in [3.8, 4) is 6.07 Å². The molecule has 9 heteroatoms. The van der Waals surface area contributed by atoms with Gasteiger partial charge in [0, 0.05) is 30.5 Å². The van der Waals surface area contributed by atoms with Gasteiger partial charge in [0.25, 0.3) is 0 Å². The summed E-state index contributed by atoms with van der Waals surface area (Å²) in [5, 5.41) is 29.9. The SMILES string of the molecule is C[C@]12CC/C(=N\OCCN)C[C@@H]1[C@@H](C#N)C[C@@H]1[C@@H]2CC[C@]2(C)C(=O)CC[C@@H]12.O=C(O)/C=C/C(=O)O. The van der Waals surface area contributed by atoms with Crippen LogP contribution in [0, 0.1) is 51.8 Å². The number of carboxylic acids is 2. The molecule has 0 saturated heterocycles. The van der Waals surface area contributed by atoms with E-state index in [1.54, 1.807) is 0 Å². The third-order valence-electron chi connectivity index (χ3n) is 9.20. The van der Waals surface area contributed by atoms with Crippen molar-refractivity contribution < 1.29 is 29.4 Å². The third kappa shape index (κ3) is 5.43. The van der Waals surface area contributed by atoms with Crippen molar-refractivity contribution in [3.63, 3.8) is 0 Å². The summed E-state index contributed by atoms with van der Waals surface area (Å²) in [7, 11) is 0. The predicted octanol–water partition coefficient (Wildman–Crippen LogP) is 3.39. The summed E-state index contributed by atoms with van der Waals surface area (Å²) in [6.07, 6.45) is 8.97. The first-order valence-corrected chi connectivity index (χ1v) is 12.5. The third-order valence-corrected chi connectivity index (χ3v) is 9.20. The lowest BCUT2D eigenvalue weighted by molar-refractivity contribution is -0.139. The first-order valence-electron chi connectivity index (χ1n) is 12.5. The molecule has 4 aliphatic carbocycles. The zero-order valence-corrected chi connectivity index (χ0v) is 20.6. The first-order chi connectivity index (χ1) is 16.6. The second-order valence-electron chi connectivity index (χ2n) is 10.9. The van der Waals surface area contributed by atoms with Crippen LogP contribution in [0.5, 0.6) is 0 Å². The van der Waals surface area contributed by atoms with Crippen molar-refractivity contribution in [2.45, 2.75) is 65.2 Å². The van der Waals surface area contributed by atoms with Gasteiger partial charge in [-0.25, -0.2) is 9.59 Å². The Morgan fingerprint density at radius 1 is 1.14 bits per heavy atom. The highest BCUT2D eigenvalue weighted by Crippen LogP contribution is 2.66. The number of rotatable bonds is 5. The molecule has 0 aromatic rings. The number of Topliss-reactive ketones (excluding diaryl/α,β-unsaturated/α-hetero) is 1. The molecule has 4 aliphatic rings. The van der Waals surface area contributed by atoms with Crippen molar-refractivity contribution in [1.29, 1.82) is 5.26 Å². The summed E-state index contributed by atoms with van der Waals surface area (Å²) >= 11 is 0. The fraction of sp³-hybridized carbons (Fsp3) is 0.731. The van der Waals surface area contributed by atoms with Gasteiger partial charge >= 0.3 is 11.9 Å². The number of carbonyl (C=O) groups is 3. The number of aliphatic carboxylic acids is 2. The van der Waals surface area contributed by atoms with Crippen molar-refractivity contribution in [3.05, 3.63) is 12.2 Å². The van der Waals surface area contributed by atoms with Crippen LogP contribution in [-0.2, 0) is 19.2 Å². The van der Waals surface area contributed by atoms with Crippen molar-refractivity contribution in [1.82, 2.24) is 0 Å². The molecule has 0 amide bonds. The van der Waals surface area contributed by atoms with Crippen LogP contribution in [0.15, 0.2) is 17.3 Å². The molecular formula is C26H37N3O6. The largest absolute Gasteiger partial charge is 0.478 e. The summed E-state index contributed by atoms with van der Waals surface area (Å²) < 4.78 is 0. The molecule has 9 nitrogen and oxygen atoms in total. The quantitative estimate of drug-likeness (QED) is 0.302. The van der Waals surface area contributed by atoms with Gasteiger partial charge in [0.2, 0.25) is 0 Å². The molecule has 0 aromatic carbocycles. The Labute approximate surface area is 206 Å². The van der Waals surface area contributed by atoms with Gasteiger partial charge in [-0.15, -0.1) is 0 Å². The zero-order chi connectivity index (χ0) is 25.8.